The van der Waals surface area contributed by atoms with Crippen molar-refractivity contribution < 1.29 is 4.43 Å². The molecule has 0 N–H and O–H groups in total. The fourth-order valence-electron chi connectivity index (χ4n) is 1.23. The Balaban J connectivity index is 2.38. The van der Waals surface area contributed by atoms with Crippen LogP contribution in [0.2, 0.25) is 6.04 Å². The van der Waals surface area contributed by atoms with Gasteiger partial charge in [0.1, 0.15) is 0 Å². The van der Waals surface area contributed by atoms with E-state index < -0.39 is 9.04 Å². The second kappa shape index (κ2) is 3.74. The molecule has 1 aliphatic heterocycles. The molecular formula is C8H14OSi. The van der Waals surface area contributed by atoms with E-state index >= 15 is 0 Å². The molecule has 0 amide bonds. The summed E-state index contributed by atoms with van der Waals surface area (Å²) in [5.74, 6) is 0. The van der Waals surface area contributed by atoms with Crippen molar-refractivity contribution in [3.05, 3.63) is 24.9 Å². The van der Waals surface area contributed by atoms with Gasteiger partial charge in [-0.3, -0.25) is 0 Å². The lowest BCUT2D eigenvalue weighted by Crippen LogP contribution is -2.27. The van der Waals surface area contributed by atoms with Crippen LogP contribution in [-0.2, 0) is 4.43 Å². The zero-order chi connectivity index (χ0) is 7.40. The van der Waals surface area contributed by atoms with Gasteiger partial charge in [-0.1, -0.05) is 18.2 Å². The van der Waals surface area contributed by atoms with E-state index in [1.54, 1.807) is 0 Å². The summed E-state index contributed by atoms with van der Waals surface area (Å²) in [6.07, 6.45) is 4.67. The zero-order valence-corrected chi connectivity index (χ0v) is 7.41. The van der Waals surface area contributed by atoms with Crippen LogP contribution in [0.5, 0.6) is 0 Å². The molecule has 10 heavy (non-hydrogen) atoms. The molecule has 1 rings (SSSR count). The lowest BCUT2D eigenvalue weighted by atomic mass is 10.2. The molecule has 0 aromatic rings. The molecule has 1 saturated heterocycles. The van der Waals surface area contributed by atoms with Crippen LogP contribution < -0.4 is 0 Å². The summed E-state index contributed by atoms with van der Waals surface area (Å²) in [7, 11) is -0.988. The molecular weight excluding hydrogens is 140 g/mol. The maximum Gasteiger partial charge on any atom is 0.201 e. The van der Waals surface area contributed by atoms with Gasteiger partial charge in [0.05, 0.1) is 6.10 Å². The smallest absolute Gasteiger partial charge is 0.201 e. The highest BCUT2D eigenvalue weighted by molar-refractivity contribution is 6.57. The van der Waals surface area contributed by atoms with E-state index in [2.05, 4.69) is 13.2 Å². The first-order valence-corrected chi connectivity index (χ1v) is 5.73. The van der Waals surface area contributed by atoms with Crippen molar-refractivity contribution in [2.75, 3.05) is 0 Å². The molecule has 0 aromatic heterocycles. The van der Waals surface area contributed by atoms with Crippen molar-refractivity contribution in [1.29, 1.82) is 0 Å². The van der Waals surface area contributed by atoms with Crippen molar-refractivity contribution in [1.82, 2.24) is 0 Å². The van der Waals surface area contributed by atoms with E-state index in [1.807, 2.05) is 11.8 Å². The minimum atomic E-state index is -0.988. The maximum atomic E-state index is 5.69. The van der Waals surface area contributed by atoms with E-state index in [9.17, 15) is 0 Å². The summed E-state index contributed by atoms with van der Waals surface area (Å²) in [6.45, 7) is 7.47. The Kier molecular flexibility index (Phi) is 2.90. The second-order valence-corrected chi connectivity index (χ2v) is 5.01. The molecule has 1 nitrogen and oxygen atoms in total. The molecule has 2 heteroatoms. The zero-order valence-electron chi connectivity index (χ0n) is 6.25. The van der Waals surface area contributed by atoms with Crippen molar-refractivity contribution in [2.24, 2.45) is 0 Å². The predicted molar refractivity (Wildman–Crippen MR) is 46.5 cm³/mol. The van der Waals surface area contributed by atoms with Crippen molar-refractivity contribution in [2.45, 2.75) is 25.0 Å². The van der Waals surface area contributed by atoms with Gasteiger partial charge >= 0.3 is 0 Å². The first-order valence-electron chi connectivity index (χ1n) is 3.77. The average Bonchev–Trinajstić information content (AvgIpc) is 2.05. The molecule has 2 unspecified atom stereocenters. The normalized spacial score (nSPS) is 33.2. The van der Waals surface area contributed by atoms with E-state index in [4.69, 9.17) is 4.43 Å². The van der Waals surface area contributed by atoms with Crippen LogP contribution in [0.25, 0.3) is 0 Å². The molecule has 0 aromatic carbocycles. The summed E-state index contributed by atoms with van der Waals surface area (Å²) in [5, 5.41) is 0. The molecule has 0 spiro atoms. The average molecular weight is 154 g/mol. The van der Waals surface area contributed by atoms with Gasteiger partial charge in [0, 0.05) is 0 Å². The third-order valence-corrected chi connectivity index (χ3v) is 4.05. The van der Waals surface area contributed by atoms with Gasteiger partial charge in [0.2, 0.25) is 9.04 Å². The van der Waals surface area contributed by atoms with Crippen LogP contribution in [-0.4, -0.2) is 15.1 Å². The van der Waals surface area contributed by atoms with E-state index in [1.165, 1.54) is 12.5 Å². The van der Waals surface area contributed by atoms with E-state index in [-0.39, 0.29) is 0 Å². The quantitative estimate of drug-likeness (QED) is 0.435. The van der Waals surface area contributed by atoms with Gasteiger partial charge in [-0.2, -0.15) is 0 Å². The maximum absolute atomic E-state index is 5.69. The summed E-state index contributed by atoms with van der Waals surface area (Å²) in [4.78, 5) is 0. The fraction of sp³-hybridized carbons (Fsp3) is 0.500. The Hall–Kier alpha value is -0.343. The number of rotatable bonds is 2. The molecule has 0 bridgehead atoms. The largest absolute Gasteiger partial charge is 0.410 e. The van der Waals surface area contributed by atoms with Gasteiger partial charge < -0.3 is 4.43 Å². The van der Waals surface area contributed by atoms with Gasteiger partial charge in [-0.25, -0.2) is 0 Å². The standard InChI is InChI=1S/C8H14OSi/c1-3-8-6-5-7-10(4-2)9-8/h3-4,8,10H,1-2,5-7H2. The van der Waals surface area contributed by atoms with Gasteiger partial charge in [0.15, 0.2) is 0 Å². The Morgan fingerprint density at radius 1 is 1.50 bits per heavy atom. The van der Waals surface area contributed by atoms with E-state index in [0.29, 0.717) is 6.10 Å². The molecule has 0 saturated carbocycles. The molecule has 2 atom stereocenters. The highest BCUT2D eigenvalue weighted by Crippen LogP contribution is 2.17. The van der Waals surface area contributed by atoms with E-state index in [0.717, 1.165) is 6.42 Å². The highest BCUT2D eigenvalue weighted by atomic mass is 28.3. The summed E-state index contributed by atoms with van der Waals surface area (Å²) in [5.41, 5.74) is 2.01. The molecule has 0 aliphatic carbocycles. The second-order valence-electron chi connectivity index (χ2n) is 2.62. The highest BCUT2D eigenvalue weighted by Gasteiger charge is 2.18. The Morgan fingerprint density at radius 2 is 2.30 bits per heavy atom. The van der Waals surface area contributed by atoms with Crippen LogP contribution in [0.15, 0.2) is 24.9 Å². The van der Waals surface area contributed by atoms with Crippen LogP contribution in [0, 0.1) is 0 Å². The Bertz CT molecular complexity index is 119. The number of hydrogen-bond acceptors (Lipinski definition) is 1. The SMILES string of the molecule is C=CC1CCC[SiH](C=C)O1. The third kappa shape index (κ3) is 1.82. The van der Waals surface area contributed by atoms with Crippen LogP contribution in [0.1, 0.15) is 12.8 Å². The first kappa shape index (κ1) is 7.76. The van der Waals surface area contributed by atoms with Crippen LogP contribution in [0.4, 0.5) is 0 Å². The minimum absolute atomic E-state index is 0.323. The van der Waals surface area contributed by atoms with Gasteiger partial charge in [-0.15, -0.1) is 13.2 Å². The summed E-state index contributed by atoms with van der Waals surface area (Å²) >= 11 is 0. The summed E-state index contributed by atoms with van der Waals surface area (Å²) in [6, 6.07) is 1.26. The van der Waals surface area contributed by atoms with Gasteiger partial charge in [0.25, 0.3) is 0 Å². The Morgan fingerprint density at radius 3 is 2.90 bits per heavy atom. The van der Waals surface area contributed by atoms with Crippen LogP contribution >= 0.6 is 0 Å². The first-order chi connectivity index (χ1) is 4.86. The lowest BCUT2D eigenvalue weighted by molar-refractivity contribution is 0.222. The number of hydrogen-bond donors (Lipinski definition) is 0. The van der Waals surface area contributed by atoms with Crippen molar-refractivity contribution in [3.8, 4) is 0 Å². The van der Waals surface area contributed by atoms with Crippen molar-refractivity contribution >= 4 is 9.04 Å². The molecule has 0 radical (unpaired) electrons. The molecule has 1 heterocycles. The molecule has 56 valence electrons. The van der Waals surface area contributed by atoms with Crippen molar-refractivity contribution in [3.63, 3.8) is 0 Å². The molecule has 1 fully saturated rings. The molecule has 1 aliphatic rings. The minimum Gasteiger partial charge on any atom is -0.410 e. The van der Waals surface area contributed by atoms with Gasteiger partial charge in [-0.05, 0) is 12.5 Å². The monoisotopic (exact) mass is 154 g/mol. The lowest BCUT2D eigenvalue weighted by Gasteiger charge is -2.24. The third-order valence-electron chi connectivity index (χ3n) is 1.85. The predicted octanol–water partition coefficient (Wildman–Crippen LogP) is 1.80. The van der Waals surface area contributed by atoms with Crippen LogP contribution in [0.3, 0.4) is 0 Å². The fourth-order valence-corrected chi connectivity index (χ4v) is 3.04. The topological polar surface area (TPSA) is 9.23 Å². The summed E-state index contributed by atoms with van der Waals surface area (Å²) < 4.78 is 5.69. The Labute approximate surface area is 64.1 Å².